The molecule has 1 heterocycles. The molecule has 0 unspecified atom stereocenters. The van der Waals surface area contributed by atoms with Crippen molar-refractivity contribution in [1.29, 1.82) is 0 Å². The molecule has 0 saturated carbocycles. The number of halogens is 1. The van der Waals surface area contributed by atoms with Crippen molar-refractivity contribution < 1.29 is 19.1 Å². The largest absolute Gasteiger partial charge is 0.493 e. The summed E-state index contributed by atoms with van der Waals surface area (Å²) in [6.07, 6.45) is 6.80. The van der Waals surface area contributed by atoms with E-state index in [9.17, 15) is 9.59 Å². The molecule has 1 saturated heterocycles. The molecule has 2 rings (SSSR count). The Labute approximate surface area is 140 Å². The predicted octanol–water partition coefficient (Wildman–Crippen LogP) is 3.14. The first kappa shape index (κ1) is 16.5. The van der Waals surface area contributed by atoms with Gasteiger partial charge in [0.15, 0.2) is 11.5 Å². The van der Waals surface area contributed by atoms with Gasteiger partial charge in [0, 0.05) is 11.5 Å². The average Bonchev–Trinajstić information content (AvgIpc) is 2.74. The number of hydrogen-bond acceptors (Lipinski definition) is 5. The van der Waals surface area contributed by atoms with Crippen molar-refractivity contribution in [3.8, 4) is 23.8 Å². The maximum atomic E-state index is 11.9. The molecule has 0 N–H and O–H groups in total. The van der Waals surface area contributed by atoms with Gasteiger partial charge in [0.1, 0.15) is 6.61 Å². The summed E-state index contributed by atoms with van der Waals surface area (Å²) in [4.78, 5) is 24.9. The standard InChI is InChI=1S/C15H12BrNO4S/c1-4-5-21-12-8-10(16)9(6-11(12)20-3)7-13-14(18)17(2)15(19)22-13/h1,6-8H,5H2,2-3H3/b13-7+. The predicted molar refractivity (Wildman–Crippen MR) is 88.8 cm³/mol. The molecule has 1 aliphatic rings. The molecule has 22 heavy (non-hydrogen) atoms. The van der Waals surface area contributed by atoms with Gasteiger partial charge in [-0.05, 0) is 35.5 Å². The van der Waals surface area contributed by atoms with Crippen LogP contribution in [0.5, 0.6) is 11.5 Å². The highest BCUT2D eigenvalue weighted by Gasteiger charge is 2.32. The zero-order valence-corrected chi connectivity index (χ0v) is 14.3. The molecule has 0 atom stereocenters. The molecule has 1 aliphatic heterocycles. The van der Waals surface area contributed by atoms with Crippen LogP contribution in [0.25, 0.3) is 6.08 Å². The van der Waals surface area contributed by atoms with Crippen LogP contribution in [0.15, 0.2) is 21.5 Å². The summed E-state index contributed by atoms with van der Waals surface area (Å²) >= 11 is 4.30. The fraction of sp³-hybridized carbons (Fsp3) is 0.200. The Morgan fingerprint density at radius 1 is 1.41 bits per heavy atom. The van der Waals surface area contributed by atoms with Crippen LogP contribution in [0.1, 0.15) is 5.56 Å². The maximum Gasteiger partial charge on any atom is 0.293 e. The first-order valence-electron chi connectivity index (χ1n) is 6.13. The Kier molecular flexibility index (Phi) is 5.16. The van der Waals surface area contributed by atoms with E-state index in [1.54, 1.807) is 18.2 Å². The average molecular weight is 382 g/mol. The Morgan fingerprint density at radius 2 is 2.14 bits per heavy atom. The lowest BCUT2D eigenvalue weighted by Crippen LogP contribution is -2.22. The SMILES string of the molecule is C#CCOc1cc(Br)c(/C=C2/SC(=O)N(C)C2=O)cc1OC. The van der Waals surface area contributed by atoms with Gasteiger partial charge in [-0.1, -0.05) is 21.9 Å². The monoisotopic (exact) mass is 381 g/mol. The molecule has 5 nitrogen and oxygen atoms in total. The van der Waals surface area contributed by atoms with Crippen molar-refractivity contribution in [1.82, 2.24) is 4.90 Å². The lowest BCUT2D eigenvalue weighted by molar-refractivity contribution is -0.121. The summed E-state index contributed by atoms with van der Waals surface area (Å²) in [6.45, 7) is 0.122. The molecule has 1 aromatic carbocycles. The molecule has 0 aliphatic carbocycles. The number of nitrogens with zero attached hydrogens (tertiary/aromatic N) is 1. The third kappa shape index (κ3) is 3.29. The number of methoxy groups -OCH3 is 1. The van der Waals surface area contributed by atoms with Gasteiger partial charge in [-0.2, -0.15) is 0 Å². The van der Waals surface area contributed by atoms with Crippen molar-refractivity contribution >= 4 is 44.9 Å². The number of benzene rings is 1. The van der Waals surface area contributed by atoms with E-state index < -0.39 is 0 Å². The number of likely N-dealkylation sites (N-methyl/N-ethyl adjacent to an activating group) is 1. The Bertz CT molecular complexity index is 708. The minimum absolute atomic E-state index is 0.122. The summed E-state index contributed by atoms with van der Waals surface area (Å²) in [7, 11) is 2.96. The Morgan fingerprint density at radius 3 is 2.68 bits per heavy atom. The lowest BCUT2D eigenvalue weighted by atomic mass is 10.2. The van der Waals surface area contributed by atoms with Crippen LogP contribution in [-0.2, 0) is 4.79 Å². The molecule has 114 valence electrons. The summed E-state index contributed by atoms with van der Waals surface area (Å²) in [5, 5.41) is -0.298. The zero-order chi connectivity index (χ0) is 16.3. The molecular weight excluding hydrogens is 370 g/mol. The molecule has 0 bridgehead atoms. The molecule has 1 fully saturated rings. The third-order valence-electron chi connectivity index (χ3n) is 2.87. The molecule has 0 radical (unpaired) electrons. The minimum atomic E-state index is -0.325. The van der Waals surface area contributed by atoms with Crippen molar-refractivity contribution in [3.63, 3.8) is 0 Å². The topological polar surface area (TPSA) is 55.8 Å². The molecule has 0 aromatic heterocycles. The number of ether oxygens (including phenoxy) is 2. The second kappa shape index (κ2) is 6.90. The van der Waals surface area contributed by atoms with Gasteiger partial charge in [-0.15, -0.1) is 6.42 Å². The Balaban J connectivity index is 2.39. The van der Waals surface area contributed by atoms with Gasteiger partial charge in [-0.25, -0.2) is 0 Å². The number of carbonyl (C=O) groups is 2. The second-order valence-electron chi connectivity index (χ2n) is 4.26. The van der Waals surface area contributed by atoms with Crippen LogP contribution in [0.3, 0.4) is 0 Å². The van der Waals surface area contributed by atoms with Crippen LogP contribution in [0.2, 0.25) is 0 Å². The summed E-state index contributed by atoms with van der Waals surface area (Å²) < 4.78 is 11.3. The number of carbonyl (C=O) groups excluding carboxylic acids is 2. The van der Waals surface area contributed by atoms with Crippen molar-refractivity contribution in [3.05, 3.63) is 27.1 Å². The van der Waals surface area contributed by atoms with E-state index in [4.69, 9.17) is 15.9 Å². The smallest absolute Gasteiger partial charge is 0.293 e. The lowest BCUT2D eigenvalue weighted by Gasteiger charge is -2.11. The quantitative estimate of drug-likeness (QED) is 0.592. The number of terminal acetylenes is 1. The molecule has 2 amide bonds. The van der Waals surface area contributed by atoms with Crippen LogP contribution >= 0.6 is 27.7 Å². The molecule has 1 aromatic rings. The number of rotatable bonds is 4. The maximum absolute atomic E-state index is 11.9. The zero-order valence-electron chi connectivity index (χ0n) is 11.9. The summed E-state index contributed by atoms with van der Waals surface area (Å²) in [5.74, 6) is 3.03. The van der Waals surface area contributed by atoms with E-state index in [1.165, 1.54) is 14.2 Å². The van der Waals surface area contributed by atoms with E-state index in [-0.39, 0.29) is 17.8 Å². The van der Waals surface area contributed by atoms with Crippen molar-refractivity contribution in [2.75, 3.05) is 20.8 Å². The fourth-order valence-electron chi connectivity index (χ4n) is 1.74. The molecule has 7 heteroatoms. The van der Waals surface area contributed by atoms with E-state index in [2.05, 4.69) is 21.9 Å². The van der Waals surface area contributed by atoms with Crippen LogP contribution < -0.4 is 9.47 Å². The first-order valence-corrected chi connectivity index (χ1v) is 7.74. The van der Waals surface area contributed by atoms with Crippen molar-refractivity contribution in [2.45, 2.75) is 0 Å². The van der Waals surface area contributed by atoms with Crippen LogP contribution in [-0.4, -0.2) is 36.8 Å². The van der Waals surface area contributed by atoms with E-state index >= 15 is 0 Å². The van der Waals surface area contributed by atoms with Gasteiger partial charge < -0.3 is 9.47 Å². The van der Waals surface area contributed by atoms with Gasteiger partial charge in [0.2, 0.25) is 0 Å². The van der Waals surface area contributed by atoms with Gasteiger partial charge in [0.25, 0.3) is 11.1 Å². The summed E-state index contributed by atoms with van der Waals surface area (Å²) in [5.41, 5.74) is 0.698. The van der Waals surface area contributed by atoms with E-state index in [0.29, 0.717) is 26.4 Å². The number of imide groups is 1. The third-order valence-corrected chi connectivity index (χ3v) is 4.51. The Hall–Kier alpha value is -1.91. The number of thioether (sulfide) groups is 1. The minimum Gasteiger partial charge on any atom is -0.493 e. The van der Waals surface area contributed by atoms with E-state index in [1.807, 2.05) is 0 Å². The van der Waals surface area contributed by atoms with E-state index in [0.717, 1.165) is 16.7 Å². The van der Waals surface area contributed by atoms with Crippen LogP contribution in [0.4, 0.5) is 4.79 Å². The summed E-state index contributed by atoms with van der Waals surface area (Å²) in [6, 6.07) is 3.41. The number of amides is 2. The molecular formula is C15H12BrNO4S. The highest BCUT2D eigenvalue weighted by atomic mass is 79.9. The number of hydrogen-bond donors (Lipinski definition) is 0. The van der Waals surface area contributed by atoms with Gasteiger partial charge in [0.05, 0.1) is 12.0 Å². The van der Waals surface area contributed by atoms with Crippen molar-refractivity contribution in [2.24, 2.45) is 0 Å². The fourth-order valence-corrected chi connectivity index (χ4v) is 2.99. The first-order chi connectivity index (χ1) is 10.5. The highest BCUT2D eigenvalue weighted by Crippen LogP contribution is 2.37. The van der Waals surface area contributed by atoms with Crippen LogP contribution in [0, 0.1) is 12.3 Å². The van der Waals surface area contributed by atoms with Gasteiger partial charge >= 0.3 is 0 Å². The highest BCUT2D eigenvalue weighted by molar-refractivity contribution is 9.10. The normalized spacial score (nSPS) is 16.1. The second-order valence-corrected chi connectivity index (χ2v) is 6.11. The molecule has 0 spiro atoms. The van der Waals surface area contributed by atoms with Gasteiger partial charge in [-0.3, -0.25) is 14.5 Å².